The van der Waals surface area contributed by atoms with Gasteiger partial charge in [0, 0.05) is 12.0 Å². The Morgan fingerprint density at radius 2 is 2.07 bits per heavy atom. The molecular formula is C11H18N2O. The molecule has 2 aliphatic carbocycles. The molecule has 1 heterocycles. The molecule has 0 aromatic carbocycles. The Kier molecular flexibility index (Phi) is 1.84. The molecule has 0 aromatic heterocycles. The van der Waals surface area contributed by atoms with E-state index in [0.29, 0.717) is 6.42 Å². The van der Waals surface area contributed by atoms with Gasteiger partial charge in [-0.25, -0.2) is 5.43 Å². The van der Waals surface area contributed by atoms with Crippen LogP contribution in [0.3, 0.4) is 0 Å². The highest BCUT2D eigenvalue weighted by molar-refractivity contribution is 5.79. The standard InChI is InChI=1S/C11H18N2O/c14-10-7-11(13-12-10)5-1-2-9(6-11)8-3-4-8/h8-9,13H,1-7H2,(H,12,14). The number of hydrogen-bond acceptors (Lipinski definition) is 2. The van der Waals surface area contributed by atoms with Gasteiger partial charge in [0.2, 0.25) is 5.91 Å². The van der Waals surface area contributed by atoms with Crippen molar-refractivity contribution in [2.75, 3.05) is 0 Å². The van der Waals surface area contributed by atoms with Gasteiger partial charge in [0.1, 0.15) is 0 Å². The van der Waals surface area contributed by atoms with Crippen LogP contribution < -0.4 is 10.9 Å². The maximum atomic E-state index is 11.2. The Labute approximate surface area is 84.6 Å². The van der Waals surface area contributed by atoms with Crippen LogP contribution in [-0.4, -0.2) is 11.4 Å². The molecule has 1 aliphatic heterocycles. The number of carbonyl (C=O) groups excluding carboxylic acids is 1. The molecule has 2 saturated carbocycles. The van der Waals surface area contributed by atoms with Crippen molar-refractivity contribution in [2.45, 2.75) is 50.5 Å². The van der Waals surface area contributed by atoms with E-state index in [9.17, 15) is 4.79 Å². The number of carbonyl (C=O) groups is 1. The monoisotopic (exact) mass is 194 g/mol. The van der Waals surface area contributed by atoms with Crippen molar-refractivity contribution in [3.8, 4) is 0 Å². The predicted molar refractivity (Wildman–Crippen MR) is 53.3 cm³/mol. The maximum absolute atomic E-state index is 11.2. The molecule has 1 saturated heterocycles. The van der Waals surface area contributed by atoms with Crippen molar-refractivity contribution in [2.24, 2.45) is 11.8 Å². The molecule has 3 rings (SSSR count). The first-order valence-corrected chi connectivity index (χ1v) is 5.83. The zero-order valence-corrected chi connectivity index (χ0v) is 8.51. The lowest BCUT2D eigenvalue weighted by atomic mass is 9.73. The van der Waals surface area contributed by atoms with E-state index in [2.05, 4.69) is 10.9 Å². The fraction of sp³-hybridized carbons (Fsp3) is 0.909. The zero-order chi connectivity index (χ0) is 9.60. The lowest BCUT2D eigenvalue weighted by Gasteiger charge is -2.37. The van der Waals surface area contributed by atoms with Crippen molar-refractivity contribution >= 4 is 5.91 Å². The molecule has 14 heavy (non-hydrogen) atoms. The normalized spacial score (nSPS) is 42.9. The lowest BCUT2D eigenvalue weighted by molar-refractivity contribution is -0.119. The third-order valence-electron chi connectivity index (χ3n) is 4.14. The Morgan fingerprint density at radius 3 is 2.71 bits per heavy atom. The van der Waals surface area contributed by atoms with Gasteiger partial charge >= 0.3 is 0 Å². The van der Waals surface area contributed by atoms with Crippen LogP contribution in [0.1, 0.15) is 44.9 Å². The van der Waals surface area contributed by atoms with Gasteiger partial charge in [0.05, 0.1) is 0 Å². The smallest absolute Gasteiger partial charge is 0.236 e. The topological polar surface area (TPSA) is 41.1 Å². The molecule has 1 spiro atoms. The van der Waals surface area contributed by atoms with Crippen molar-refractivity contribution in [3.05, 3.63) is 0 Å². The molecule has 0 bridgehead atoms. The first-order chi connectivity index (χ1) is 6.77. The highest BCUT2D eigenvalue weighted by Crippen LogP contribution is 2.47. The van der Waals surface area contributed by atoms with Crippen molar-refractivity contribution in [1.29, 1.82) is 0 Å². The van der Waals surface area contributed by atoms with E-state index in [1.807, 2.05) is 0 Å². The Balaban J connectivity index is 1.70. The molecule has 3 heteroatoms. The van der Waals surface area contributed by atoms with Crippen LogP contribution in [0.25, 0.3) is 0 Å². The Morgan fingerprint density at radius 1 is 1.21 bits per heavy atom. The number of hydrazine groups is 1. The summed E-state index contributed by atoms with van der Waals surface area (Å²) in [5.74, 6) is 2.06. The van der Waals surface area contributed by atoms with Gasteiger partial charge in [-0.1, -0.05) is 12.8 Å². The fourth-order valence-electron chi connectivity index (χ4n) is 3.25. The molecule has 0 aromatic rings. The molecule has 3 fully saturated rings. The summed E-state index contributed by atoms with van der Waals surface area (Å²) in [6, 6.07) is 0. The summed E-state index contributed by atoms with van der Waals surface area (Å²) < 4.78 is 0. The van der Waals surface area contributed by atoms with Crippen molar-refractivity contribution in [1.82, 2.24) is 10.9 Å². The number of nitrogens with one attached hydrogen (secondary N) is 2. The van der Waals surface area contributed by atoms with Crippen LogP contribution in [-0.2, 0) is 4.79 Å². The lowest BCUT2D eigenvalue weighted by Crippen LogP contribution is -2.47. The van der Waals surface area contributed by atoms with E-state index in [-0.39, 0.29) is 11.4 Å². The van der Waals surface area contributed by atoms with E-state index in [1.165, 1.54) is 38.5 Å². The van der Waals surface area contributed by atoms with E-state index >= 15 is 0 Å². The van der Waals surface area contributed by atoms with Crippen molar-refractivity contribution in [3.63, 3.8) is 0 Å². The van der Waals surface area contributed by atoms with Gasteiger partial charge in [-0.3, -0.25) is 10.2 Å². The van der Waals surface area contributed by atoms with E-state index < -0.39 is 0 Å². The zero-order valence-electron chi connectivity index (χ0n) is 8.51. The second-order valence-corrected chi connectivity index (χ2v) is 5.32. The quantitative estimate of drug-likeness (QED) is 0.661. The van der Waals surface area contributed by atoms with Crippen molar-refractivity contribution < 1.29 is 4.79 Å². The average Bonchev–Trinajstić information content (AvgIpc) is 2.95. The summed E-state index contributed by atoms with van der Waals surface area (Å²) in [7, 11) is 0. The van der Waals surface area contributed by atoms with Crippen LogP contribution in [0.5, 0.6) is 0 Å². The van der Waals surface area contributed by atoms with Crippen LogP contribution in [0.4, 0.5) is 0 Å². The van der Waals surface area contributed by atoms with Crippen LogP contribution >= 0.6 is 0 Å². The number of amides is 1. The minimum atomic E-state index is 0.128. The highest BCUT2D eigenvalue weighted by atomic mass is 16.2. The SMILES string of the molecule is O=C1CC2(CCCC(C3CC3)C2)NN1. The van der Waals surface area contributed by atoms with E-state index in [0.717, 1.165) is 11.8 Å². The predicted octanol–water partition coefficient (Wildman–Crippen LogP) is 1.35. The molecular weight excluding hydrogens is 176 g/mol. The molecule has 0 radical (unpaired) electrons. The summed E-state index contributed by atoms with van der Waals surface area (Å²) in [5, 5.41) is 0. The third kappa shape index (κ3) is 1.44. The molecule has 3 aliphatic rings. The van der Waals surface area contributed by atoms with Gasteiger partial charge < -0.3 is 0 Å². The van der Waals surface area contributed by atoms with Gasteiger partial charge in [0.25, 0.3) is 0 Å². The first-order valence-electron chi connectivity index (χ1n) is 5.83. The van der Waals surface area contributed by atoms with Crippen LogP contribution in [0, 0.1) is 11.8 Å². The van der Waals surface area contributed by atoms with Gasteiger partial charge in [-0.2, -0.15) is 0 Å². The molecule has 2 N–H and O–H groups in total. The summed E-state index contributed by atoms with van der Waals surface area (Å²) in [5.41, 5.74) is 6.13. The summed E-state index contributed by atoms with van der Waals surface area (Å²) in [4.78, 5) is 11.2. The Bertz CT molecular complexity index is 262. The van der Waals surface area contributed by atoms with Gasteiger partial charge in [-0.05, 0) is 37.5 Å². The fourth-order valence-corrected chi connectivity index (χ4v) is 3.25. The summed E-state index contributed by atoms with van der Waals surface area (Å²) in [6.07, 6.45) is 8.65. The molecule has 1 amide bonds. The van der Waals surface area contributed by atoms with E-state index in [1.54, 1.807) is 0 Å². The van der Waals surface area contributed by atoms with Gasteiger partial charge in [-0.15, -0.1) is 0 Å². The van der Waals surface area contributed by atoms with E-state index in [4.69, 9.17) is 0 Å². The van der Waals surface area contributed by atoms with Crippen LogP contribution in [0.15, 0.2) is 0 Å². The number of hydrogen-bond donors (Lipinski definition) is 2. The first kappa shape index (κ1) is 8.72. The maximum Gasteiger partial charge on any atom is 0.236 e. The largest absolute Gasteiger partial charge is 0.291 e. The third-order valence-corrected chi connectivity index (χ3v) is 4.14. The summed E-state index contributed by atoms with van der Waals surface area (Å²) >= 11 is 0. The molecule has 2 unspecified atom stereocenters. The summed E-state index contributed by atoms with van der Waals surface area (Å²) in [6.45, 7) is 0. The van der Waals surface area contributed by atoms with Gasteiger partial charge in [0.15, 0.2) is 0 Å². The molecule has 78 valence electrons. The second-order valence-electron chi connectivity index (χ2n) is 5.32. The second kappa shape index (κ2) is 2.96. The minimum Gasteiger partial charge on any atom is -0.291 e. The molecule has 3 nitrogen and oxygen atoms in total. The highest BCUT2D eigenvalue weighted by Gasteiger charge is 2.45. The minimum absolute atomic E-state index is 0.128. The van der Waals surface area contributed by atoms with Crippen LogP contribution in [0.2, 0.25) is 0 Å². The Hall–Kier alpha value is -0.570. The molecule has 2 atom stereocenters. The number of rotatable bonds is 1. The average molecular weight is 194 g/mol.